The molecule has 0 aliphatic rings. The van der Waals surface area contributed by atoms with Crippen LogP contribution in [-0.2, 0) is 0 Å². The van der Waals surface area contributed by atoms with E-state index in [0.29, 0.717) is 10.6 Å². The molecule has 9 heteroatoms. The summed E-state index contributed by atoms with van der Waals surface area (Å²) in [6.45, 7) is 0. The van der Waals surface area contributed by atoms with Gasteiger partial charge in [0.1, 0.15) is 0 Å². The lowest BCUT2D eigenvalue weighted by atomic mass is 10.4. The second-order valence-electron chi connectivity index (χ2n) is 3.35. The van der Waals surface area contributed by atoms with Crippen LogP contribution >= 0.6 is 27.3 Å². The van der Waals surface area contributed by atoms with Gasteiger partial charge in [-0.25, -0.2) is 0 Å². The van der Waals surface area contributed by atoms with Crippen LogP contribution in [0.25, 0.3) is 11.7 Å². The number of rotatable bonds is 3. The molecule has 0 fully saturated rings. The van der Waals surface area contributed by atoms with Crippen molar-refractivity contribution >= 4 is 39.2 Å². The third-order valence-corrected chi connectivity index (χ3v) is 3.71. The van der Waals surface area contributed by atoms with Gasteiger partial charge in [-0.15, -0.1) is 16.4 Å². The van der Waals surface area contributed by atoms with Gasteiger partial charge in [0.15, 0.2) is 0 Å². The fourth-order valence-electron chi connectivity index (χ4n) is 1.29. The third-order valence-electron chi connectivity index (χ3n) is 2.09. The maximum absolute atomic E-state index is 11.8. The van der Waals surface area contributed by atoms with Crippen molar-refractivity contribution in [3.8, 4) is 11.7 Å². The summed E-state index contributed by atoms with van der Waals surface area (Å²) in [7, 11) is 0. The van der Waals surface area contributed by atoms with E-state index in [0.717, 1.165) is 3.79 Å². The molecule has 0 bridgehead atoms. The maximum Gasteiger partial charge on any atom is 0.322 e. The monoisotopic (exact) mass is 340 g/mol. The average Bonchev–Trinajstić information content (AvgIpc) is 3.07. The molecule has 0 aliphatic carbocycles. The van der Waals surface area contributed by atoms with Gasteiger partial charge in [-0.3, -0.25) is 10.1 Å². The molecular weight excluding hydrogens is 336 g/mol. The summed E-state index contributed by atoms with van der Waals surface area (Å²) in [6, 6.07) is 5.06. The van der Waals surface area contributed by atoms with Crippen LogP contribution in [0.15, 0.2) is 37.1 Å². The van der Waals surface area contributed by atoms with Gasteiger partial charge in [0.05, 0.1) is 14.9 Å². The number of thiophene rings is 1. The highest BCUT2D eigenvalue weighted by atomic mass is 79.9. The van der Waals surface area contributed by atoms with Crippen LogP contribution in [0.2, 0.25) is 0 Å². The van der Waals surface area contributed by atoms with Gasteiger partial charge in [0.25, 0.3) is 11.8 Å². The lowest BCUT2D eigenvalue weighted by molar-refractivity contribution is 0.102. The van der Waals surface area contributed by atoms with E-state index in [4.69, 9.17) is 8.94 Å². The fourth-order valence-corrected chi connectivity index (χ4v) is 2.58. The van der Waals surface area contributed by atoms with Gasteiger partial charge in [-0.2, -0.15) is 0 Å². The third kappa shape index (κ3) is 2.56. The Bertz CT molecular complexity index is 706. The first kappa shape index (κ1) is 12.1. The Labute approximate surface area is 118 Å². The summed E-state index contributed by atoms with van der Waals surface area (Å²) in [5.41, 5.74) is 0. The summed E-state index contributed by atoms with van der Waals surface area (Å²) in [4.78, 5) is 12.4. The molecule has 1 N–H and O–H groups in total. The largest absolute Gasteiger partial charge is 0.400 e. The molecule has 7 nitrogen and oxygen atoms in total. The SMILES string of the molecule is O=C(Nc1nnc(-c2ccno2)o1)c1ccc(Br)s1. The van der Waals surface area contributed by atoms with Crippen molar-refractivity contribution in [2.45, 2.75) is 0 Å². The Morgan fingerprint density at radius 3 is 2.89 bits per heavy atom. The van der Waals surface area contributed by atoms with E-state index >= 15 is 0 Å². The quantitative estimate of drug-likeness (QED) is 0.787. The molecule has 3 heterocycles. The molecule has 3 rings (SSSR count). The Hall–Kier alpha value is -2.00. The average molecular weight is 341 g/mol. The number of anilines is 1. The zero-order chi connectivity index (χ0) is 13.2. The normalized spacial score (nSPS) is 10.6. The fraction of sp³-hybridized carbons (Fsp3) is 0. The highest BCUT2D eigenvalue weighted by Gasteiger charge is 2.15. The standard InChI is InChI=1S/C10H5BrN4O3S/c11-7-2-1-6(19-7)8(16)13-10-15-14-9(17-10)5-3-4-12-18-5/h1-4H,(H,13,15,16). The molecular formula is C10H5BrN4O3S. The molecule has 0 saturated carbocycles. The molecule has 0 unspecified atom stereocenters. The smallest absolute Gasteiger partial charge is 0.322 e. The number of carbonyl (C=O) groups excluding carboxylic acids is 1. The van der Waals surface area contributed by atoms with E-state index in [1.54, 1.807) is 18.2 Å². The van der Waals surface area contributed by atoms with Gasteiger partial charge >= 0.3 is 6.01 Å². The molecule has 0 aromatic carbocycles. The van der Waals surface area contributed by atoms with Crippen molar-refractivity contribution in [1.82, 2.24) is 15.4 Å². The van der Waals surface area contributed by atoms with Gasteiger partial charge in [0, 0.05) is 6.07 Å². The Balaban J connectivity index is 1.76. The van der Waals surface area contributed by atoms with Crippen molar-refractivity contribution in [2.75, 3.05) is 5.32 Å². The maximum atomic E-state index is 11.8. The van der Waals surface area contributed by atoms with Crippen LogP contribution in [0.5, 0.6) is 0 Å². The first-order valence-electron chi connectivity index (χ1n) is 5.03. The molecule has 19 heavy (non-hydrogen) atoms. The number of hydrogen-bond acceptors (Lipinski definition) is 7. The molecule has 0 radical (unpaired) electrons. The topological polar surface area (TPSA) is 94.1 Å². The number of nitrogens with zero attached hydrogens (tertiary/aromatic N) is 3. The van der Waals surface area contributed by atoms with Crippen molar-refractivity contribution in [2.24, 2.45) is 0 Å². The van der Waals surface area contributed by atoms with Crippen LogP contribution in [0, 0.1) is 0 Å². The van der Waals surface area contributed by atoms with E-state index in [-0.39, 0.29) is 17.8 Å². The number of carbonyl (C=O) groups is 1. The van der Waals surface area contributed by atoms with E-state index in [1.165, 1.54) is 17.5 Å². The van der Waals surface area contributed by atoms with Gasteiger partial charge in [-0.05, 0) is 28.1 Å². The Morgan fingerprint density at radius 2 is 2.21 bits per heavy atom. The zero-order valence-electron chi connectivity index (χ0n) is 9.16. The predicted molar refractivity (Wildman–Crippen MR) is 69.8 cm³/mol. The number of nitrogens with one attached hydrogen (secondary N) is 1. The molecule has 0 saturated heterocycles. The highest BCUT2D eigenvalue weighted by Crippen LogP contribution is 2.23. The van der Waals surface area contributed by atoms with Crippen molar-refractivity contribution in [3.63, 3.8) is 0 Å². The first-order chi connectivity index (χ1) is 9.22. The lowest BCUT2D eigenvalue weighted by Crippen LogP contribution is -2.10. The van der Waals surface area contributed by atoms with Gasteiger partial charge in [-0.1, -0.05) is 10.3 Å². The van der Waals surface area contributed by atoms with Crippen molar-refractivity contribution in [3.05, 3.63) is 33.1 Å². The van der Waals surface area contributed by atoms with Crippen LogP contribution < -0.4 is 5.32 Å². The van der Waals surface area contributed by atoms with E-state index in [2.05, 4.69) is 36.6 Å². The molecule has 0 aliphatic heterocycles. The number of halogens is 1. The lowest BCUT2D eigenvalue weighted by Gasteiger charge is -1.95. The summed E-state index contributed by atoms with van der Waals surface area (Å²) < 4.78 is 11.0. The second kappa shape index (κ2) is 4.94. The molecule has 3 aromatic rings. The van der Waals surface area contributed by atoms with Crippen LogP contribution in [0.4, 0.5) is 6.01 Å². The number of hydrogen-bond donors (Lipinski definition) is 1. The van der Waals surface area contributed by atoms with Crippen LogP contribution in [-0.4, -0.2) is 21.3 Å². The molecule has 1 amide bonds. The van der Waals surface area contributed by atoms with Crippen molar-refractivity contribution in [1.29, 1.82) is 0 Å². The minimum absolute atomic E-state index is 0.000854. The van der Waals surface area contributed by atoms with E-state index in [1.807, 2.05) is 0 Å². The molecule has 96 valence electrons. The number of amides is 1. The highest BCUT2D eigenvalue weighted by molar-refractivity contribution is 9.11. The molecule has 0 atom stereocenters. The van der Waals surface area contributed by atoms with Crippen molar-refractivity contribution < 1.29 is 13.7 Å². The van der Waals surface area contributed by atoms with E-state index < -0.39 is 0 Å². The summed E-state index contributed by atoms with van der Waals surface area (Å²) >= 11 is 4.59. The molecule has 0 spiro atoms. The summed E-state index contributed by atoms with van der Waals surface area (Å²) in [5.74, 6) is 0.176. The summed E-state index contributed by atoms with van der Waals surface area (Å²) in [6.07, 6.45) is 1.46. The Morgan fingerprint density at radius 1 is 1.32 bits per heavy atom. The second-order valence-corrected chi connectivity index (χ2v) is 5.81. The van der Waals surface area contributed by atoms with E-state index in [9.17, 15) is 4.79 Å². The molecule has 3 aromatic heterocycles. The first-order valence-corrected chi connectivity index (χ1v) is 6.64. The van der Waals surface area contributed by atoms with Crippen LogP contribution in [0.3, 0.4) is 0 Å². The Kier molecular flexibility index (Phi) is 3.13. The summed E-state index contributed by atoms with van der Waals surface area (Å²) in [5, 5.41) is 13.5. The number of aromatic nitrogens is 3. The zero-order valence-corrected chi connectivity index (χ0v) is 11.6. The van der Waals surface area contributed by atoms with Gasteiger partial charge in [0.2, 0.25) is 5.76 Å². The minimum Gasteiger partial charge on any atom is -0.400 e. The van der Waals surface area contributed by atoms with Gasteiger partial charge < -0.3 is 8.94 Å². The predicted octanol–water partition coefficient (Wildman–Crippen LogP) is 2.80. The van der Waals surface area contributed by atoms with Crippen LogP contribution in [0.1, 0.15) is 9.67 Å². The minimum atomic E-state index is -0.316.